The van der Waals surface area contributed by atoms with Gasteiger partial charge in [-0.05, 0) is 35.2 Å². The van der Waals surface area contributed by atoms with Crippen LogP contribution in [0, 0.1) is 5.92 Å². The molecule has 2 aromatic rings. The molecule has 28 heavy (non-hydrogen) atoms. The largest absolute Gasteiger partial charge is 0.465 e. The first-order chi connectivity index (χ1) is 13.4. The summed E-state index contributed by atoms with van der Waals surface area (Å²) in [5, 5.41) is 2.83. The van der Waals surface area contributed by atoms with Gasteiger partial charge in [-0.15, -0.1) is 0 Å². The Morgan fingerprint density at radius 1 is 1.14 bits per heavy atom. The van der Waals surface area contributed by atoms with Crippen LogP contribution in [0.3, 0.4) is 0 Å². The van der Waals surface area contributed by atoms with E-state index < -0.39 is 12.0 Å². The molecule has 0 unspecified atom stereocenters. The molecule has 2 amide bonds. The highest BCUT2D eigenvalue weighted by Gasteiger charge is 2.35. The first-order valence-electron chi connectivity index (χ1n) is 9.30. The van der Waals surface area contributed by atoms with Gasteiger partial charge in [-0.3, -0.25) is 9.59 Å². The maximum Gasteiger partial charge on any atom is 0.338 e. The average molecular weight is 380 g/mol. The highest BCUT2D eigenvalue weighted by molar-refractivity contribution is 6.01. The molecule has 3 rings (SSSR count). The predicted octanol–water partition coefficient (Wildman–Crippen LogP) is 2.74. The van der Waals surface area contributed by atoms with E-state index in [1.807, 2.05) is 32.0 Å². The average Bonchev–Trinajstić information content (AvgIpc) is 2.72. The van der Waals surface area contributed by atoms with E-state index in [4.69, 9.17) is 4.74 Å². The molecule has 146 valence electrons. The van der Waals surface area contributed by atoms with E-state index in [1.165, 1.54) is 7.11 Å². The van der Waals surface area contributed by atoms with Crippen molar-refractivity contribution in [1.29, 1.82) is 0 Å². The molecule has 2 aromatic carbocycles. The zero-order valence-electron chi connectivity index (χ0n) is 16.3. The molecule has 1 fully saturated rings. The minimum absolute atomic E-state index is 0.00693. The third-order valence-electron chi connectivity index (χ3n) is 4.90. The number of hydrogen-bond acceptors (Lipinski definition) is 4. The monoisotopic (exact) mass is 380 g/mol. The second-order valence-corrected chi connectivity index (χ2v) is 7.10. The number of benzene rings is 2. The maximum absolute atomic E-state index is 13.2. The summed E-state index contributed by atoms with van der Waals surface area (Å²) >= 11 is 0. The van der Waals surface area contributed by atoms with Crippen LogP contribution in [0.1, 0.15) is 34.6 Å². The minimum atomic E-state index is -0.493. The van der Waals surface area contributed by atoms with Crippen molar-refractivity contribution in [3.63, 3.8) is 0 Å². The Bertz CT molecular complexity index is 907. The highest BCUT2D eigenvalue weighted by atomic mass is 16.5. The van der Waals surface area contributed by atoms with Crippen LogP contribution in [-0.2, 0) is 9.53 Å². The number of esters is 1. The lowest BCUT2D eigenvalue weighted by atomic mass is 9.96. The number of nitrogens with zero attached hydrogens (tertiary/aromatic N) is 1. The van der Waals surface area contributed by atoms with Gasteiger partial charge < -0.3 is 15.0 Å². The van der Waals surface area contributed by atoms with Crippen molar-refractivity contribution < 1.29 is 19.1 Å². The lowest BCUT2D eigenvalue weighted by Gasteiger charge is -2.37. The van der Waals surface area contributed by atoms with Gasteiger partial charge in [-0.25, -0.2) is 4.79 Å². The zero-order chi connectivity index (χ0) is 20.3. The summed E-state index contributed by atoms with van der Waals surface area (Å²) in [5.41, 5.74) is 2.36. The van der Waals surface area contributed by atoms with Crippen molar-refractivity contribution in [2.24, 2.45) is 5.92 Å². The fourth-order valence-corrected chi connectivity index (χ4v) is 3.58. The topological polar surface area (TPSA) is 75.7 Å². The third kappa shape index (κ3) is 3.76. The van der Waals surface area contributed by atoms with Crippen molar-refractivity contribution in [3.05, 3.63) is 59.7 Å². The maximum atomic E-state index is 13.2. The molecule has 1 aliphatic heterocycles. The summed E-state index contributed by atoms with van der Waals surface area (Å²) in [6.45, 7) is 4.77. The smallest absolute Gasteiger partial charge is 0.338 e. The van der Waals surface area contributed by atoms with Crippen LogP contribution in [-0.4, -0.2) is 48.9 Å². The van der Waals surface area contributed by atoms with E-state index in [1.54, 1.807) is 35.2 Å². The predicted molar refractivity (Wildman–Crippen MR) is 106 cm³/mol. The number of carbonyl (C=O) groups is 3. The summed E-state index contributed by atoms with van der Waals surface area (Å²) in [4.78, 5) is 39.2. The molecule has 0 spiro atoms. The Kier molecular flexibility index (Phi) is 5.78. The summed E-state index contributed by atoms with van der Waals surface area (Å²) in [5.74, 6) is -0.736. The van der Waals surface area contributed by atoms with Crippen molar-refractivity contribution in [2.75, 3.05) is 20.2 Å². The SMILES string of the molecule is COC(=O)c1ccccc1-c1cccc(C(=O)N2CCNC(=O)[C@@H]2C(C)C)c1. The van der Waals surface area contributed by atoms with Crippen molar-refractivity contribution in [1.82, 2.24) is 10.2 Å². The van der Waals surface area contributed by atoms with Crippen LogP contribution >= 0.6 is 0 Å². The Morgan fingerprint density at radius 3 is 2.61 bits per heavy atom. The van der Waals surface area contributed by atoms with E-state index >= 15 is 0 Å². The second-order valence-electron chi connectivity index (χ2n) is 7.10. The summed E-state index contributed by atoms with van der Waals surface area (Å²) in [7, 11) is 1.34. The van der Waals surface area contributed by atoms with Gasteiger partial charge >= 0.3 is 5.97 Å². The molecule has 1 heterocycles. The molecule has 0 bridgehead atoms. The lowest BCUT2D eigenvalue weighted by Crippen LogP contribution is -2.59. The number of rotatable bonds is 4. The number of methoxy groups -OCH3 is 1. The van der Waals surface area contributed by atoms with Gasteiger partial charge in [0.25, 0.3) is 5.91 Å². The number of carbonyl (C=O) groups excluding carboxylic acids is 3. The standard InChI is InChI=1S/C22H24N2O4/c1-14(2)19-20(25)23-11-12-24(19)21(26)16-8-6-7-15(13-16)17-9-4-5-10-18(17)22(27)28-3/h4-10,13-14,19H,11-12H2,1-3H3,(H,23,25)/t19-/m0/s1. The van der Waals surface area contributed by atoms with E-state index in [9.17, 15) is 14.4 Å². The quantitative estimate of drug-likeness (QED) is 0.828. The highest BCUT2D eigenvalue weighted by Crippen LogP contribution is 2.26. The normalized spacial score (nSPS) is 16.6. The van der Waals surface area contributed by atoms with E-state index in [-0.39, 0.29) is 17.7 Å². The number of amides is 2. The number of piperazine rings is 1. The zero-order valence-corrected chi connectivity index (χ0v) is 16.3. The van der Waals surface area contributed by atoms with Crippen LogP contribution in [0.2, 0.25) is 0 Å². The molecule has 0 aliphatic carbocycles. The molecule has 1 aliphatic rings. The van der Waals surface area contributed by atoms with Crippen LogP contribution in [0.5, 0.6) is 0 Å². The van der Waals surface area contributed by atoms with Gasteiger partial charge in [0.15, 0.2) is 0 Å². The van der Waals surface area contributed by atoms with Crippen molar-refractivity contribution in [2.45, 2.75) is 19.9 Å². The molecular formula is C22H24N2O4. The van der Waals surface area contributed by atoms with E-state index in [0.29, 0.717) is 29.8 Å². The van der Waals surface area contributed by atoms with Gasteiger partial charge in [0.05, 0.1) is 12.7 Å². The Hall–Kier alpha value is -3.15. The first kappa shape index (κ1) is 19.6. The van der Waals surface area contributed by atoms with Crippen LogP contribution in [0.15, 0.2) is 48.5 Å². The molecule has 6 nitrogen and oxygen atoms in total. The summed E-state index contributed by atoms with van der Waals surface area (Å²) in [6, 6.07) is 13.7. The number of nitrogens with one attached hydrogen (secondary N) is 1. The molecular weight excluding hydrogens is 356 g/mol. The molecule has 6 heteroatoms. The van der Waals surface area contributed by atoms with Crippen LogP contribution in [0.4, 0.5) is 0 Å². The fraction of sp³-hybridized carbons (Fsp3) is 0.318. The Balaban J connectivity index is 1.97. The Labute approximate surface area is 164 Å². The summed E-state index contributed by atoms with van der Waals surface area (Å²) < 4.78 is 4.86. The van der Waals surface area contributed by atoms with Gasteiger partial charge in [0, 0.05) is 18.7 Å². The van der Waals surface area contributed by atoms with Gasteiger partial charge in [0.1, 0.15) is 6.04 Å². The van der Waals surface area contributed by atoms with Gasteiger partial charge in [0.2, 0.25) is 5.91 Å². The molecule has 1 saturated heterocycles. The molecule has 1 atom stereocenters. The molecule has 0 saturated carbocycles. The minimum Gasteiger partial charge on any atom is -0.465 e. The summed E-state index contributed by atoms with van der Waals surface area (Å²) in [6.07, 6.45) is 0. The van der Waals surface area contributed by atoms with Gasteiger partial charge in [-0.2, -0.15) is 0 Å². The van der Waals surface area contributed by atoms with Crippen LogP contribution < -0.4 is 5.32 Å². The first-order valence-corrected chi connectivity index (χ1v) is 9.30. The van der Waals surface area contributed by atoms with E-state index in [2.05, 4.69) is 5.32 Å². The third-order valence-corrected chi connectivity index (χ3v) is 4.90. The van der Waals surface area contributed by atoms with E-state index in [0.717, 1.165) is 5.56 Å². The fourth-order valence-electron chi connectivity index (χ4n) is 3.58. The number of ether oxygens (including phenoxy) is 1. The number of hydrogen-bond donors (Lipinski definition) is 1. The van der Waals surface area contributed by atoms with Crippen LogP contribution in [0.25, 0.3) is 11.1 Å². The Morgan fingerprint density at radius 2 is 1.89 bits per heavy atom. The van der Waals surface area contributed by atoms with Crippen molar-refractivity contribution in [3.8, 4) is 11.1 Å². The van der Waals surface area contributed by atoms with Gasteiger partial charge in [-0.1, -0.05) is 44.2 Å². The molecule has 0 aromatic heterocycles. The molecule has 1 N–H and O–H groups in total. The lowest BCUT2D eigenvalue weighted by molar-refractivity contribution is -0.129. The van der Waals surface area contributed by atoms with Crippen molar-refractivity contribution >= 4 is 17.8 Å². The second kappa shape index (κ2) is 8.25. The molecule has 0 radical (unpaired) electrons.